The fourth-order valence-electron chi connectivity index (χ4n) is 2.12. The van der Waals surface area contributed by atoms with Gasteiger partial charge >= 0.3 is 0 Å². The van der Waals surface area contributed by atoms with Gasteiger partial charge in [-0.05, 0) is 49.6 Å². The first-order valence-corrected chi connectivity index (χ1v) is 6.70. The molecule has 0 unspecified atom stereocenters. The molecule has 18 heavy (non-hydrogen) atoms. The van der Waals surface area contributed by atoms with Gasteiger partial charge in [-0.3, -0.25) is 0 Å². The third kappa shape index (κ3) is 2.28. The summed E-state index contributed by atoms with van der Waals surface area (Å²) in [5.74, 6) is 0.679. The zero-order valence-corrected chi connectivity index (χ0v) is 10.9. The van der Waals surface area contributed by atoms with Crippen molar-refractivity contribution in [1.82, 2.24) is 9.78 Å². The Hall–Kier alpha value is -1.32. The molecule has 0 saturated heterocycles. The standard InChI is InChI=1S/C14H16ClN3/c15-13-9-12(4-3-10(13)5-7-16)18-8-6-14(17-18)11-1-2-11/h3-4,6,8-9,11H,1-2,5,7,16H2. The van der Waals surface area contributed by atoms with Gasteiger partial charge in [0.1, 0.15) is 0 Å². The summed E-state index contributed by atoms with van der Waals surface area (Å²) in [6.07, 6.45) is 5.36. The van der Waals surface area contributed by atoms with Crippen LogP contribution in [0.1, 0.15) is 30.0 Å². The molecule has 4 heteroatoms. The highest BCUT2D eigenvalue weighted by Crippen LogP contribution is 2.39. The summed E-state index contributed by atoms with van der Waals surface area (Å²) in [5.41, 5.74) is 8.84. The van der Waals surface area contributed by atoms with Crippen molar-refractivity contribution in [3.63, 3.8) is 0 Å². The number of hydrogen-bond acceptors (Lipinski definition) is 2. The van der Waals surface area contributed by atoms with Gasteiger partial charge in [0.15, 0.2) is 0 Å². The number of halogens is 1. The van der Waals surface area contributed by atoms with Gasteiger partial charge in [-0.25, -0.2) is 4.68 Å². The molecule has 3 nitrogen and oxygen atoms in total. The maximum absolute atomic E-state index is 6.24. The predicted octanol–water partition coefficient (Wildman–Crippen LogP) is 2.90. The first-order chi connectivity index (χ1) is 8.78. The molecule has 1 fully saturated rings. The molecule has 1 aliphatic rings. The Labute approximate surface area is 112 Å². The molecule has 2 aromatic rings. The van der Waals surface area contributed by atoms with Gasteiger partial charge in [0.2, 0.25) is 0 Å². The van der Waals surface area contributed by atoms with Crippen molar-refractivity contribution in [2.75, 3.05) is 6.54 Å². The molecular formula is C14H16ClN3. The Bertz CT molecular complexity index is 558. The summed E-state index contributed by atoms with van der Waals surface area (Å²) in [6.45, 7) is 0.618. The molecule has 2 N–H and O–H groups in total. The Morgan fingerprint density at radius 3 is 2.83 bits per heavy atom. The van der Waals surface area contributed by atoms with Crippen LogP contribution in [-0.2, 0) is 6.42 Å². The van der Waals surface area contributed by atoms with Crippen LogP contribution in [0.15, 0.2) is 30.5 Å². The normalized spacial score (nSPS) is 15.0. The highest BCUT2D eigenvalue weighted by molar-refractivity contribution is 6.31. The molecule has 0 atom stereocenters. The van der Waals surface area contributed by atoms with Gasteiger partial charge in [-0.2, -0.15) is 5.10 Å². The average Bonchev–Trinajstić information content (AvgIpc) is 3.10. The lowest BCUT2D eigenvalue weighted by Gasteiger charge is -2.06. The van der Waals surface area contributed by atoms with Crippen LogP contribution < -0.4 is 5.73 Å². The van der Waals surface area contributed by atoms with Gasteiger partial charge in [-0.15, -0.1) is 0 Å². The van der Waals surface area contributed by atoms with Crippen molar-refractivity contribution in [3.05, 3.63) is 46.7 Å². The molecule has 94 valence electrons. The van der Waals surface area contributed by atoms with Crippen LogP contribution in [0.25, 0.3) is 5.69 Å². The minimum Gasteiger partial charge on any atom is -0.330 e. The monoisotopic (exact) mass is 261 g/mol. The van der Waals surface area contributed by atoms with Crippen molar-refractivity contribution in [2.45, 2.75) is 25.2 Å². The van der Waals surface area contributed by atoms with Crippen molar-refractivity contribution >= 4 is 11.6 Å². The highest BCUT2D eigenvalue weighted by atomic mass is 35.5. The van der Waals surface area contributed by atoms with E-state index < -0.39 is 0 Å². The molecular weight excluding hydrogens is 246 g/mol. The van der Waals surface area contributed by atoms with Gasteiger partial charge in [0.05, 0.1) is 11.4 Å². The molecule has 0 amide bonds. The largest absolute Gasteiger partial charge is 0.330 e. The molecule has 0 aliphatic heterocycles. The number of aromatic nitrogens is 2. The summed E-state index contributed by atoms with van der Waals surface area (Å²) in [7, 11) is 0. The number of rotatable bonds is 4. The zero-order valence-electron chi connectivity index (χ0n) is 10.1. The van der Waals surface area contributed by atoms with Crippen LogP contribution >= 0.6 is 11.6 Å². The maximum atomic E-state index is 6.24. The van der Waals surface area contributed by atoms with E-state index in [-0.39, 0.29) is 0 Å². The molecule has 3 rings (SSSR count). The molecule has 1 aromatic heterocycles. The Morgan fingerprint density at radius 2 is 2.17 bits per heavy atom. The van der Waals surface area contributed by atoms with Crippen LogP contribution in [0.4, 0.5) is 0 Å². The van der Waals surface area contributed by atoms with Gasteiger partial charge in [-0.1, -0.05) is 17.7 Å². The van der Waals surface area contributed by atoms with E-state index in [9.17, 15) is 0 Å². The number of nitrogens with zero attached hydrogens (tertiary/aromatic N) is 2. The van der Waals surface area contributed by atoms with Gasteiger partial charge in [0, 0.05) is 17.1 Å². The van der Waals surface area contributed by atoms with E-state index in [1.54, 1.807) is 0 Å². The topological polar surface area (TPSA) is 43.8 Å². The first-order valence-electron chi connectivity index (χ1n) is 6.32. The summed E-state index contributed by atoms with van der Waals surface area (Å²) in [6, 6.07) is 8.12. The van der Waals surface area contributed by atoms with Crippen LogP contribution in [-0.4, -0.2) is 16.3 Å². The second-order valence-electron chi connectivity index (χ2n) is 4.77. The molecule has 1 heterocycles. The van der Waals surface area contributed by atoms with Crippen molar-refractivity contribution in [1.29, 1.82) is 0 Å². The SMILES string of the molecule is NCCc1ccc(-n2ccc(C3CC3)n2)cc1Cl. The van der Waals surface area contributed by atoms with Crippen LogP contribution in [0.5, 0.6) is 0 Å². The number of nitrogens with two attached hydrogens (primary N) is 1. The third-order valence-corrected chi connectivity index (χ3v) is 3.67. The van der Waals surface area contributed by atoms with Crippen molar-refractivity contribution in [2.24, 2.45) is 5.73 Å². The average molecular weight is 262 g/mol. The van der Waals surface area contributed by atoms with E-state index in [1.807, 2.05) is 29.1 Å². The molecule has 1 saturated carbocycles. The lowest BCUT2D eigenvalue weighted by atomic mass is 10.1. The predicted molar refractivity (Wildman–Crippen MR) is 73.3 cm³/mol. The van der Waals surface area contributed by atoms with Crippen LogP contribution in [0, 0.1) is 0 Å². The lowest BCUT2D eigenvalue weighted by molar-refractivity contribution is 0.836. The Balaban J connectivity index is 1.88. The summed E-state index contributed by atoms with van der Waals surface area (Å²) in [5, 5.41) is 5.36. The fraction of sp³-hybridized carbons (Fsp3) is 0.357. The Kier molecular flexibility index (Phi) is 3.10. The summed E-state index contributed by atoms with van der Waals surface area (Å²) in [4.78, 5) is 0. The minimum absolute atomic E-state index is 0.618. The molecule has 1 aromatic carbocycles. The molecule has 0 spiro atoms. The second kappa shape index (κ2) is 4.75. The zero-order chi connectivity index (χ0) is 12.5. The van der Waals surface area contributed by atoms with E-state index >= 15 is 0 Å². The van der Waals surface area contributed by atoms with E-state index in [0.29, 0.717) is 12.5 Å². The quantitative estimate of drug-likeness (QED) is 0.920. The second-order valence-corrected chi connectivity index (χ2v) is 5.18. The van der Waals surface area contributed by atoms with E-state index in [2.05, 4.69) is 11.2 Å². The van der Waals surface area contributed by atoms with E-state index in [4.69, 9.17) is 17.3 Å². The van der Waals surface area contributed by atoms with E-state index in [1.165, 1.54) is 18.5 Å². The molecule has 0 bridgehead atoms. The highest BCUT2D eigenvalue weighted by Gasteiger charge is 2.25. The maximum Gasteiger partial charge on any atom is 0.0660 e. The third-order valence-electron chi connectivity index (χ3n) is 3.32. The van der Waals surface area contributed by atoms with Crippen molar-refractivity contribution in [3.8, 4) is 5.69 Å². The number of benzene rings is 1. The van der Waals surface area contributed by atoms with Crippen molar-refractivity contribution < 1.29 is 0 Å². The van der Waals surface area contributed by atoms with Gasteiger partial charge in [0.25, 0.3) is 0 Å². The number of hydrogen-bond donors (Lipinski definition) is 1. The lowest BCUT2D eigenvalue weighted by Crippen LogP contribution is -2.04. The minimum atomic E-state index is 0.618. The van der Waals surface area contributed by atoms with Gasteiger partial charge < -0.3 is 5.73 Å². The van der Waals surface area contributed by atoms with E-state index in [0.717, 1.165) is 22.7 Å². The summed E-state index contributed by atoms with van der Waals surface area (Å²) >= 11 is 6.24. The molecule has 0 radical (unpaired) electrons. The first kappa shape index (κ1) is 11.8. The van der Waals surface area contributed by atoms with Crippen LogP contribution in [0.3, 0.4) is 0 Å². The van der Waals surface area contributed by atoms with Crippen LogP contribution in [0.2, 0.25) is 5.02 Å². The summed E-state index contributed by atoms with van der Waals surface area (Å²) < 4.78 is 1.89. The smallest absolute Gasteiger partial charge is 0.0660 e. The fourth-order valence-corrected chi connectivity index (χ4v) is 2.38. The Morgan fingerprint density at radius 1 is 1.33 bits per heavy atom. The molecule has 1 aliphatic carbocycles.